The number of amides is 1. The smallest absolute Gasteiger partial charge is 0.226 e. The third-order valence-electron chi connectivity index (χ3n) is 4.71. The van der Waals surface area contributed by atoms with Crippen molar-refractivity contribution in [2.75, 3.05) is 40.4 Å². The molecule has 1 amide bonds. The van der Waals surface area contributed by atoms with Crippen LogP contribution in [-0.2, 0) is 16.0 Å². The van der Waals surface area contributed by atoms with Gasteiger partial charge in [-0.2, -0.15) is 0 Å². The Morgan fingerprint density at radius 3 is 2.96 bits per heavy atom. The average molecular weight is 434 g/mol. The highest BCUT2D eigenvalue weighted by Gasteiger charge is 2.28. The summed E-state index contributed by atoms with van der Waals surface area (Å²) < 4.78 is 6.30. The van der Waals surface area contributed by atoms with Crippen LogP contribution in [0.1, 0.15) is 24.8 Å². The summed E-state index contributed by atoms with van der Waals surface area (Å²) in [7, 11) is 3.68. The molecule has 1 fully saturated rings. The van der Waals surface area contributed by atoms with Gasteiger partial charge in [0.15, 0.2) is 0 Å². The fourth-order valence-corrected chi connectivity index (χ4v) is 3.95. The monoisotopic (exact) mass is 432 g/mol. The second-order valence-corrected chi connectivity index (χ2v) is 7.58. The molecule has 1 heterocycles. The van der Waals surface area contributed by atoms with Crippen LogP contribution in [0.2, 0.25) is 0 Å². The molecule has 1 aromatic carbocycles. The third kappa shape index (κ3) is 7.26. The van der Waals surface area contributed by atoms with Crippen LogP contribution in [-0.4, -0.2) is 51.2 Å². The van der Waals surface area contributed by atoms with Gasteiger partial charge in [0.2, 0.25) is 5.91 Å². The van der Waals surface area contributed by atoms with Crippen molar-refractivity contribution in [2.24, 2.45) is 11.8 Å². The molecule has 1 aliphatic rings. The van der Waals surface area contributed by atoms with Crippen molar-refractivity contribution < 1.29 is 9.53 Å². The number of benzene rings is 1. The minimum atomic E-state index is -0.00687. The molecule has 6 heteroatoms. The molecule has 1 N–H and O–H groups in total. The maximum Gasteiger partial charge on any atom is 0.226 e. The Kier molecular flexibility index (Phi) is 10.7. The molecule has 0 aliphatic carbocycles. The normalized spacial score (nSPS) is 18.5. The predicted molar refractivity (Wildman–Crippen MR) is 108 cm³/mol. The number of hydrogen-bond donors (Lipinski definition) is 1. The number of likely N-dealkylation sites (tertiary alicyclic amines) is 1. The molecule has 142 valence electrons. The summed E-state index contributed by atoms with van der Waals surface area (Å²) >= 11 is 3.52. The highest BCUT2D eigenvalue weighted by Crippen LogP contribution is 2.22. The van der Waals surface area contributed by atoms with E-state index < -0.39 is 0 Å². The van der Waals surface area contributed by atoms with Gasteiger partial charge >= 0.3 is 0 Å². The quantitative estimate of drug-likeness (QED) is 0.682. The van der Waals surface area contributed by atoms with Crippen LogP contribution >= 0.6 is 28.3 Å². The molecule has 25 heavy (non-hydrogen) atoms. The van der Waals surface area contributed by atoms with E-state index in [-0.39, 0.29) is 24.2 Å². The van der Waals surface area contributed by atoms with Crippen LogP contribution in [0.5, 0.6) is 0 Å². The molecule has 1 aliphatic heterocycles. The second kappa shape index (κ2) is 11.9. The first-order valence-corrected chi connectivity index (χ1v) is 9.60. The molecule has 0 bridgehead atoms. The lowest BCUT2D eigenvalue weighted by molar-refractivity contribution is -0.138. The van der Waals surface area contributed by atoms with Crippen molar-refractivity contribution in [3.8, 4) is 0 Å². The van der Waals surface area contributed by atoms with Gasteiger partial charge in [-0.3, -0.25) is 4.79 Å². The number of carbonyl (C=O) groups excluding carboxylic acids is 1. The molecule has 0 aromatic heterocycles. The largest absolute Gasteiger partial charge is 0.385 e. The molecular formula is C19H30BrClN2O2. The zero-order valence-corrected chi connectivity index (χ0v) is 17.6. The van der Waals surface area contributed by atoms with E-state index in [1.54, 1.807) is 7.11 Å². The summed E-state index contributed by atoms with van der Waals surface area (Å²) in [5.41, 5.74) is 1.20. The van der Waals surface area contributed by atoms with Gasteiger partial charge in [0.05, 0.1) is 0 Å². The number of hydrogen-bond acceptors (Lipinski definition) is 3. The van der Waals surface area contributed by atoms with Crippen molar-refractivity contribution in [1.82, 2.24) is 10.2 Å². The van der Waals surface area contributed by atoms with Gasteiger partial charge in [-0.15, -0.1) is 12.4 Å². The van der Waals surface area contributed by atoms with Gasteiger partial charge < -0.3 is 15.0 Å². The van der Waals surface area contributed by atoms with Gasteiger partial charge in [0, 0.05) is 37.2 Å². The van der Waals surface area contributed by atoms with E-state index in [1.807, 2.05) is 19.2 Å². The first-order valence-electron chi connectivity index (χ1n) is 8.80. The van der Waals surface area contributed by atoms with E-state index in [9.17, 15) is 4.79 Å². The SMILES string of the molecule is CNCC1CCCN(C(=O)C(CCOC)Cc2cccc(Br)c2)C1.Cl. The second-order valence-electron chi connectivity index (χ2n) is 6.66. The summed E-state index contributed by atoms with van der Waals surface area (Å²) in [5, 5.41) is 3.24. The molecule has 2 unspecified atom stereocenters. The summed E-state index contributed by atoms with van der Waals surface area (Å²) in [5.74, 6) is 0.849. The number of piperidine rings is 1. The van der Waals surface area contributed by atoms with E-state index in [2.05, 4.69) is 38.3 Å². The molecule has 0 radical (unpaired) electrons. The average Bonchev–Trinajstić information content (AvgIpc) is 2.58. The third-order valence-corrected chi connectivity index (χ3v) is 5.21. The Balaban J connectivity index is 0.00000312. The number of nitrogens with one attached hydrogen (secondary N) is 1. The number of ether oxygens (including phenoxy) is 1. The lowest BCUT2D eigenvalue weighted by Gasteiger charge is -2.35. The fraction of sp³-hybridized carbons (Fsp3) is 0.632. The van der Waals surface area contributed by atoms with E-state index in [0.717, 1.165) is 43.4 Å². The lowest BCUT2D eigenvalue weighted by Crippen LogP contribution is -2.45. The van der Waals surface area contributed by atoms with Gasteiger partial charge in [-0.25, -0.2) is 0 Å². The molecule has 1 saturated heterocycles. The van der Waals surface area contributed by atoms with Crippen LogP contribution in [0, 0.1) is 11.8 Å². The zero-order chi connectivity index (χ0) is 17.4. The number of methoxy groups -OCH3 is 1. The van der Waals surface area contributed by atoms with Gasteiger partial charge in [0.1, 0.15) is 0 Å². The molecule has 1 aromatic rings. The Labute approximate surface area is 166 Å². The summed E-state index contributed by atoms with van der Waals surface area (Å²) in [6.07, 6.45) is 3.86. The van der Waals surface area contributed by atoms with E-state index in [4.69, 9.17) is 4.74 Å². The molecule has 4 nitrogen and oxygen atoms in total. The first-order chi connectivity index (χ1) is 11.6. The maximum atomic E-state index is 13.1. The predicted octanol–water partition coefficient (Wildman–Crippen LogP) is 3.52. The Morgan fingerprint density at radius 1 is 1.48 bits per heavy atom. The molecule has 0 spiro atoms. The van der Waals surface area contributed by atoms with Crippen molar-refractivity contribution in [1.29, 1.82) is 0 Å². The maximum absolute atomic E-state index is 13.1. The Hall–Kier alpha value is -0.620. The fourth-order valence-electron chi connectivity index (χ4n) is 3.50. The van der Waals surface area contributed by atoms with Gasteiger partial charge in [-0.1, -0.05) is 28.1 Å². The van der Waals surface area contributed by atoms with Gasteiger partial charge in [0.25, 0.3) is 0 Å². The van der Waals surface area contributed by atoms with Crippen molar-refractivity contribution in [3.05, 3.63) is 34.3 Å². The van der Waals surface area contributed by atoms with Crippen LogP contribution in [0.3, 0.4) is 0 Å². The molecular weight excluding hydrogens is 404 g/mol. The zero-order valence-electron chi connectivity index (χ0n) is 15.2. The topological polar surface area (TPSA) is 41.6 Å². The van der Waals surface area contributed by atoms with E-state index in [0.29, 0.717) is 12.5 Å². The summed E-state index contributed by atoms with van der Waals surface area (Å²) in [4.78, 5) is 15.2. The number of rotatable bonds is 8. The Morgan fingerprint density at radius 2 is 2.28 bits per heavy atom. The lowest BCUT2D eigenvalue weighted by atomic mass is 9.92. The first kappa shape index (κ1) is 22.4. The minimum absolute atomic E-state index is 0. The van der Waals surface area contributed by atoms with Crippen LogP contribution in [0.4, 0.5) is 0 Å². The molecule has 0 saturated carbocycles. The van der Waals surface area contributed by atoms with Crippen molar-refractivity contribution in [3.63, 3.8) is 0 Å². The van der Waals surface area contributed by atoms with E-state index >= 15 is 0 Å². The summed E-state index contributed by atoms with van der Waals surface area (Å²) in [6.45, 7) is 3.37. The molecule has 2 rings (SSSR count). The number of nitrogens with zero attached hydrogens (tertiary/aromatic N) is 1. The molecule has 2 atom stereocenters. The minimum Gasteiger partial charge on any atom is -0.385 e. The van der Waals surface area contributed by atoms with Crippen LogP contribution < -0.4 is 5.32 Å². The number of carbonyl (C=O) groups is 1. The van der Waals surface area contributed by atoms with Crippen molar-refractivity contribution >= 4 is 34.2 Å². The van der Waals surface area contributed by atoms with Crippen LogP contribution in [0.15, 0.2) is 28.7 Å². The van der Waals surface area contributed by atoms with E-state index in [1.165, 1.54) is 12.0 Å². The standard InChI is InChI=1S/C19H29BrN2O2.ClH/c1-21-13-16-6-4-9-22(14-16)19(23)17(8-10-24-2)11-15-5-3-7-18(20)12-15;/h3,5,7,12,16-17,21H,4,6,8-11,13-14H2,1-2H3;1H. The van der Waals surface area contributed by atoms with Crippen molar-refractivity contribution in [2.45, 2.75) is 25.7 Å². The Bertz CT molecular complexity index is 528. The summed E-state index contributed by atoms with van der Waals surface area (Å²) in [6, 6.07) is 8.24. The van der Waals surface area contributed by atoms with Gasteiger partial charge in [-0.05, 0) is 62.9 Å². The van der Waals surface area contributed by atoms with Crippen LogP contribution in [0.25, 0.3) is 0 Å². The highest BCUT2D eigenvalue weighted by molar-refractivity contribution is 9.10. The highest BCUT2D eigenvalue weighted by atomic mass is 79.9. The number of halogens is 2.